The van der Waals surface area contributed by atoms with Crippen LogP contribution < -0.4 is 0 Å². The van der Waals surface area contributed by atoms with Crippen molar-refractivity contribution in [2.24, 2.45) is 0 Å². The average Bonchev–Trinajstić information content (AvgIpc) is 2.30. The van der Waals surface area contributed by atoms with Crippen molar-refractivity contribution in [1.82, 2.24) is 4.90 Å². The molecular formula is C15H18N. The molecule has 1 heteroatoms. The minimum Gasteiger partial charge on any atom is -0.377 e. The minimum atomic E-state index is 1.03. The molecular weight excluding hydrogens is 194 g/mol. The van der Waals surface area contributed by atoms with Gasteiger partial charge in [-0.3, -0.25) is 0 Å². The predicted octanol–water partition coefficient (Wildman–Crippen LogP) is 3.43. The van der Waals surface area contributed by atoms with Crippen LogP contribution in [0, 0.1) is 13.3 Å². The fourth-order valence-corrected chi connectivity index (χ4v) is 1.95. The molecule has 0 unspecified atom stereocenters. The van der Waals surface area contributed by atoms with Crippen LogP contribution in [-0.2, 0) is 0 Å². The summed E-state index contributed by atoms with van der Waals surface area (Å²) in [6, 6.07) is 8.73. The highest BCUT2D eigenvalue weighted by molar-refractivity contribution is 5.77. The van der Waals surface area contributed by atoms with Crippen LogP contribution in [0.25, 0.3) is 5.57 Å². The molecule has 0 bridgehead atoms. The molecule has 16 heavy (non-hydrogen) atoms. The molecule has 0 saturated heterocycles. The molecule has 0 heterocycles. The van der Waals surface area contributed by atoms with E-state index in [0.29, 0.717) is 0 Å². The Morgan fingerprint density at radius 3 is 2.38 bits per heavy atom. The van der Waals surface area contributed by atoms with Crippen molar-refractivity contribution in [2.75, 3.05) is 14.1 Å². The van der Waals surface area contributed by atoms with Gasteiger partial charge in [-0.05, 0) is 37.0 Å². The number of benzene rings is 1. The highest BCUT2D eigenvalue weighted by Gasteiger charge is 2.11. The van der Waals surface area contributed by atoms with Gasteiger partial charge < -0.3 is 4.90 Å². The van der Waals surface area contributed by atoms with Crippen LogP contribution in [0.1, 0.15) is 17.5 Å². The zero-order valence-electron chi connectivity index (χ0n) is 10.2. The maximum Gasteiger partial charge on any atom is 0.0399 e. The number of likely N-dealkylation sites (N-methyl/N-ethyl adjacent to an activating group) is 1. The third-order valence-electron chi connectivity index (χ3n) is 2.85. The van der Waals surface area contributed by atoms with E-state index < -0.39 is 0 Å². The van der Waals surface area contributed by atoms with E-state index in [-0.39, 0.29) is 0 Å². The molecule has 0 saturated carbocycles. The largest absolute Gasteiger partial charge is 0.377 e. The second kappa shape index (κ2) is 4.56. The second-order valence-electron chi connectivity index (χ2n) is 4.40. The molecule has 2 rings (SSSR count). The van der Waals surface area contributed by atoms with Crippen LogP contribution in [0.4, 0.5) is 0 Å². The quantitative estimate of drug-likeness (QED) is 0.726. The number of aryl methyl sites for hydroxylation is 1. The molecule has 0 amide bonds. The molecule has 0 spiro atoms. The summed E-state index contributed by atoms with van der Waals surface area (Å²) < 4.78 is 0. The molecule has 0 aliphatic heterocycles. The monoisotopic (exact) mass is 212 g/mol. The van der Waals surface area contributed by atoms with Gasteiger partial charge in [-0.15, -0.1) is 0 Å². The van der Waals surface area contributed by atoms with Gasteiger partial charge in [0.2, 0.25) is 0 Å². The summed E-state index contributed by atoms with van der Waals surface area (Å²) in [4.78, 5) is 2.17. The predicted molar refractivity (Wildman–Crippen MR) is 69.8 cm³/mol. The van der Waals surface area contributed by atoms with Crippen molar-refractivity contribution in [3.63, 3.8) is 0 Å². The van der Waals surface area contributed by atoms with Crippen LogP contribution in [0.5, 0.6) is 0 Å². The third-order valence-corrected chi connectivity index (χ3v) is 2.85. The Morgan fingerprint density at radius 1 is 1.06 bits per heavy atom. The van der Waals surface area contributed by atoms with Gasteiger partial charge in [0.15, 0.2) is 0 Å². The van der Waals surface area contributed by atoms with Gasteiger partial charge >= 0.3 is 0 Å². The number of rotatable bonds is 2. The maximum absolute atomic E-state index is 2.29. The van der Waals surface area contributed by atoms with Crippen LogP contribution in [-0.4, -0.2) is 19.0 Å². The molecule has 1 aromatic rings. The van der Waals surface area contributed by atoms with E-state index in [2.05, 4.69) is 68.8 Å². The first-order valence-corrected chi connectivity index (χ1v) is 5.67. The van der Waals surface area contributed by atoms with E-state index in [9.17, 15) is 0 Å². The lowest BCUT2D eigenvalue weighted by atomic mass is 9.94. The Balaban J connectivity index is 2.43. The summed E-state index contributed by atoms with van der Waals surface area (Å²) in [5.74, 6) is 0. The standard InChI is InChI=1S/C15H18N/c1-12-8-10-13(11-9-12)14-6-4-5-7-15(14)16(2)3/h5-11H,4H2,1-3H3. The molecule has 0 aromatic heterocycles. The van der Waals surface area contributed by atoms with Gasteiger partial charge in [0.25, 0.3) is 0 Å². The smallest absolute Gasteiger partial charge is 0.0399 e. The summed E-state index contributed by atoms with van der Waals surface area (Å²) in [7, 11) is 4.18. The van der Waals surface area contributed by atoms with Crippen LogP contribution in [0.15, 0.2) is 42.1 Å². The highest BCUT2D eigenvalue weighted by Crippen LogP contribution is 2.28. The molecule has 1 aliphatic rings. The average molecular weight is 212 g/mol. The summed E-state index contributed by atoms with van der Waals surface area (Å²) in [6.45, 7) is 2.12. The van der Waals surface area contributed by atoms with Crippen molar-refractivity contribution in [1.29, 1.82) is 0 Å². The number of nitrogens with zero attached hydrogens (tertiary/aromatic N) is 1. The normalized spacial score (nSPS) is 15.4. The maximum atomic E-state index is 2.29. The van der Waals surface area contributed by atoms with Gasteiger partial charge in [0.05, 0.1) is 0 Å². The van der Waals surface area contributed by atoms with Gasteiger partial charge in [-0.2, -0.15) is 0 Å². The Bertz CT molecular complexity index is 421. The topological polar surface area (TPSA) is 3.24 Å². The Morgan fingerprint density at radius 2 is 1.75 bits per heavy atom. The minimum absolute atomic E-state index is 1.03. The zero-order valence-corrected chi connectivity index (χ0v) is 10.2. The SMILES string of the molecule is Cc1ccc(C2=C(N(C)C)C=CC[CH]2)cc1. The molecule has 1 aliphatic carbocycles. The summed E-state index contributed by atoms with van der Waals surface area (Å²) in [5.41, 5.74) is 5.24. The van der Waals surface area contributed by atoms with E-state index >= 15 is 0 Å². The van der Waals surface area contributed by atoms with Crippen molar-refractivity contribution < 1.29 is 0 Å². The first-order valence-electron chi connectivity index (χ1n) is 5.67. The van der Waals surface area contributed by atoms with E-state index in [1.165, 1.54) is 22.4 Å². The van der Waals surface area contributed by atoms with Crippen molar-refractivity contribution in [2.45, 2.75) is 13.3 Å². The van der Waals surface area contributed by atoms with Gasteiger partial charge in [-0.25, -0.2) is 0 Å². The van der Waals surface area contributed by atoms with Crippen molar-refractivity contribution in [3.05, 3.63) is 59.7 Å². The van der Waals surface area contributed by atoms with E-state index in [1.807, 2.05) is 0 Å². The van der Waals surface area contributed by atoms with E-state index in [4.69, 9.17) is 0 Å². The summed E-state index contributed by atoms with van der Waals surface area (Å²) in [6.07, 6.45) is 7.72. The van der Waals surface area contributed by atoms with Crippen LogP contribution >= 0.6 is 0 Å². The van der Waals surface area contributed by atoms with Gasteiger partial charge in [0.1, 0.15) is 0 Å². The molecule has 83 valence electrons. The molecule has 0 atom stereocenters. The second-order valence-corrected chi connectivity index (χ2v) is 4.40. The van der Waals surface area contributed by atoms with Crippen LogP contribution in [0.2, 0.25) is 0 Å². The fourth-order valence-electron chi connectivity index (χ4n) is 1.95. The summed E-state index contributed by atoms with van der Waals surface area (Å²) in [5, 5.41) is 0. The van der Waals surface area contributed by atoms with Gasteiger partial charge in [-0.1, -0.05) is 35.9 Å². The van der Waals surface area contributed by atoms with Crippen LogP contribution in [0.3, 0.4) is 0 Å². The molecule has 1 aromatic carbocycles. The highest BCUT2D eigenvalue weighted by atomic mass is 15.1. The Hall–Kier alpha value is -1.50. The lowest BCUT2D eigenvalue weighted by Gasteiger charge is -2.22. The summed E-state index contributed by atoms with van der Waals surface area (Å²) >= 11 is 0. The number of hydrogen-bond acceptors (Lipinski definition) is 1. The molecule has 0 N–H and O–H groups in total. The number of hydrogen-bond donors (Lipinski definition) is 0. The molecule has 1 nitrogen and oxygen atoms in total. The lowest BCUT2D eigenvalue weighted by molar-refractivity contribution is 0.530. The zero-order chi connectivity index (χ0) is 11.5. The number of allylic oxidation sites excluding steroid dienone is 3. The molecule has 1 radical (unpaired) electrons. The fraction of sp³-hybridized carbons (Fsp3) is 0.267. The third kappa shape index (κ3) is 2.19. The van der Waals surface area contributed by atoms with Crippen molar-refractivity contribution in [3.8, 4) is 0 Å². The van der Waals surface area contributed by atoms with Gasteiger partial charge in [0, 0.05) is 19.8 Å². The Kier molecular flexibility index (Phi) is 3.14. The van der Waals surface area contributed by atoms with E-state index in [0.717, 1.165) is 6.42 Å². The van der Waals surface area contributed by atoms with Crippen molar-refractivity contribution >= 4 is 5.57 Å². The van der Waals surface area contributed by atoms with E-state index in [1.54, 1.807) is 0 Å². The lowest BCUT2D eigenvalue weighted by Crippen LogP contribution is -2.13. The molecule has 0 fully saturated rings. The first-order chi connectivity index (χ1) is 7.68. The first kappa shape index (κ1) is 11.0. The Labute approximate surface area is 98.1 Å².